The molecule has 3 heteroatoms. The summed E-state index contributed by atoms with van der Waals surface area (Å²) >= 11 is 0. The van der Waals surface area contributed by atoms with E-state index in [9.17, 15) is 4.39 Å². The van der Waals surface area contributed by atoms with Crippen LogP contribution in [0.1, 0.15) is 24.3 Å². The van der Waals surface area contributed by atoms with Crippen molar-refractivity contribution in [2.75, 3.05) is 19.8 Å². The maximum atomic E-state index is 12.7. The second kappa shape index (κ2) is 4.73. The molecule has 0 aromatic heterocycles. The fourth-order valence-corrected chi connectivity index (χ4v) is 2.18. The Balaban J connectivity index is 1.98. The van der Waals surface area contributed by atoms with E-state index in [0.29, 0.717) is 12.6 Å². The van der Waals surface area contributed by atoms with Crippen LogP contribution in [0, 0.1) is 5.82 Å². The van der Waals surface area contributed by atoms with Crippen LogP contribution in [-0.2, 0) is 0 Å². The fraction of sp³-hybridized carbons (Fsp3) is 0.500. The first-order chi connectivity index (χ1) is 7.29. The van der Waals surface area contributed by atoms with Gasteiger partial charge in [-0.25, -0.2) is 4.39 Å². The van der Waals surface area contributed by atoms with Crippen molar-refractivity contribution < 1.29 is 4.39 Å². The van der Waals surface area contributed by atoms with Crippen molar-refractivity contribution in [3.63, 3.8) is 0 Å². The molecule has 0 bridgehead atoms. The number of hydrogen-bond donors (Lipinski definition) is 1. The number of likely N-dealkylation sites (tertiary alicyclic amines) is 1. The molecule has 82 valence electrons. The zero-order valence-electron chi connectivity index (χ0n) is 8.82. The van der Waals surface area contributed by atoms with Gasteiger partial charge in [-0.3, -0.25) is 4.90 Å². The number of piperidine rings is 1. The van der Waals surface area contributed by atoms with Crippen molar-refractivity contribution >= 4 is 0 Å². The number of benzene rings is 1. The summed E-state index contributed by atoms with van der Waals surface area (Å²) in [4.78, 5) is 2.25. The van der Waals surface area contributed by atoms with Crippen LogP contribution >= 0.6 is 0 Å². The SMILES string of the molecule is NCN1CCC(c2ccc(F)cc2)CC1. The Kier molecular flexibility index (Phi) is 3.34. The highest BCUT2D eigenvalue weighted by molar-refractivity contribution is 5.20. The van der Waals surface area contributed by atoms with Gasteiger partial charge in [0.2, 0.25) is 0 Å². The quantitative estimate of drug-likeness (QED) is 0.804. The molecule has 0 radical (unpaired) electrons. The van der Waals surface area contributed by atoms with Gasteiger partial charge < -0.3 is 5.73 Å². The second-order valence-electron chi connectivity index (χ2n) is 4.13. The van der Waals surface area contributed by atoms with Gasteiger partial charge in [-0.05, 0) is 49.5 Å². The van der Waals surface area contributed by atoms with Crippen molar-refractivity contribution in [1.82, 2.24) is 4.90 Å². The summed E-state index contributed by atoms with van der Waals surface area (Å²) in [6.45, 7) is 2.76. The molecule has 0 unspecified atom stereocenters. The standard InChI is InChI=1S/C12H17FN2/c13-12-3-1-10(2-4-12)11-5-7-15(9-14)8-6-11/h1-4,11H,5-9,14H2. The van der Waals surface area contributed by atoms with Gasteiger partial charge in [0.05, 0.1) is 0 Å². The molecule has 1 fully saturated rings. The largest absolute Gasteiger partial charge is 0.318 e. The molecule has 2 N–H and O–H groups in total. The Bertz CT molecular complexity index is 302. The minimum atomic E-state index is -0.154. The molecule has 2 nitrogen and oxygen atoms in total. The van der Waals surface area contributed by atoms with Crippen LogP contribution < -0.4 is 5.73 Å². The lowest BCUT2D eigenvalue weighted by Crippen LogP contribution is -2.36. The zero-order valence-corrected chi connectivity index (χ0v) is 8.82. The molecule has 1 aromatic carbocycles. The Morgan fingerprint density at radius 3 is 2.33 bits per heavy atom. The van der Waals surface area contributed by atoms with E-state index in [-0.39, 0.29) is 5.82 Å². The highest BCUT2D eigenvalue weighted by Crippen LogP contribution is 2.27. The fourth-order valence-electron chi connectivity index (χ4n) is 2.18. The number of nitrogens with two attached hydrogens (primary N) is 1. The first kappa shape index (κ1) is 10.6. The van der Waals surface area contributed by atoms with E-state index in [1.165, 1.54) is 5.56 Å². The van der Waals surface area contributed by atoms with Gasteiger partial charge in [0, 0.05) is 6.67 Å². The van der Waals surface area contributed by atoms with Gasteiger partial charge in [0.1, 0.15) is 5.82 Å². The molecule has 1 aliphatic rings. The second-order valence-corrected chi connectivity index (χ2v) is 4.13. The molecule has 0 saturated carbocycles. The minimum Gasteiger partial charge on any atom is -0.318 e. The van der Waals surface area contributed by atoms with Crippen molar-refractivity contribution in [3.8, 4) is 0 Å². The predicted octanol–water partition coefficient (Wildman–Crippen LogP) is 1.92. The van der Waals surface area contributed by atoms with Gasteiger partial charge in [-0.2, -0.15) is 0 Å². The lowest BCUT2D eigenvalue weighted by atomic mass is 9.90. The Hall–Kier alpha value is -0.930. The molecule has 1 aromatic rings. The van der Waals surface area contributed by atoms with E-state index < -0.39 is 0 Å². The lowest BCUT2D eigenvalue weighted by Gasteiger charge is -2.30. The molecule has 2 rings (SSSR count). The van der Waals surface area contributed by atoms with Crippen LogP contribution in [0.5, 0.6) is 0 Å². The first-order valence-corrected chi connectivity index (χ1v) is 5.47. The molecule has 0 atom stereocenters. The average Bonchev–Trinajstić information content (AvgIpc) is 2.30. The normalized spacial score (nSPS) is 19.3. The van der Waals surface area contributed by atoms with Gasteiger partial charge in [0.25, 0.3) is 0 Å². The molecule has 15 heavy (non-hydrogen) atoms. The van der Waals surface area contributed by atoms with Crippen LogP contribution in [0.25, 0.3) is 0 Å². The van der Waals surface area contributed by atoms with Crippen LogP contribution in [0.4, 0.5) is 4.39 Å². The summed E-state index contributed by atoms with van der Waals surface area (Å²) in [5.74, 6) is 0.423. The van der Waals surface area contributed by atoms with Crippen molar-refractivity contribution in [3.05, 3.63) is 35.6 Å². The Labute approximate surface area is 89.9 Å². The number of rotatable bonds is 2. The maximum absolute atomic E-state index is 12.7. The summed E-state index contributed by atoms with van der Waals surface area (Å²) in [5.41, 5.74) is 6.84. The molecule has 1 aliphatic heterocycles. The Morgan fingerprint density at radius 2 is 1.80 bits per heavy atom. The highest BCUT2D eigenvalue weighted by atomic mass is 19.1. The maximum Gasteiger partial charge on any atom is 0.123 e. The van der Waals surface area contributed by atoms with Crippen molar-refractivity contribution in [2.45, 2.75) is 18.8 Å². The summed E-state index contributed by atoms with van der Waals surface area (Å²) in [6.07, 6.45) is 2.26. The highest BCUT2D eigenvalue weighted by Gasteiger charge is 2.19. The van der Waals surface area contributed by atoms with Crippen LogP contribution in [0.15, 0.2) is 24.3 Å². The lowest BCUT2D eigenvalue weighted by molar-refractivity contribution is 0.217. The van der Waals surface area contributed by atoms with Gasteiger partial charge in [-0.1, -0.05) is 12.1 Å². The van der Waals surface area contributed by atoms with Gasteiger partial charge >= 0.3 is 0 Å². The molecular weight excluding hydrogens is 191 g/mol. The van der Waals surface area contributed by atoms with Gasteiger partial charge in [0.15, 0.2) is 0 Å². The minimum absolute atomic E-state index is 0.154. The molecule has 0 amide bonds. The molecule has 0 spiro atoms. The van der Waals surface area contributed by atoms with Crippen molar-refractivity contribution in [1.29, 1.82) is 0 Å². The topological polar surface area (TPSA) is 29.3 Å². The molecule has 0 aliphatic carbocycles. The summed E-state index contributed by atoms with van der Waals surface area (Å²) < 4.78 is 12.7. The monoisotopic (exact) mass is 208 g/mol. The molecule has 1 saturated heterocycles. The zero-order chi connectivity index (χ0) is 10.7. The third kappa shape index (κ3) is 2.55. The number of nitrogens with zero attached hydrogens (tertiary/aromatic N) is 1. The van der Waals surface area contributed by atoms with Crippen molar-refractivity contribution in [2.24, 2.45) is 5.73 Å². The first-order valence-electron chi connectivity index (χ1n) is 5.47. The third-order valence-electron chi connectivity index (χ3n) is 3.19. The smallest absolute Gasteiger partial charge is 0.123 e. The third-order valence-corrected chi connectivity index (χ3v) is 3.19. The van der Waals surface area contributed by atoms with Crippen LogP contribution in [0.2, 0.25) is 0 Å². The van der Waals surface area contributed by atoms with E-state index in [4.69, 9.17) is 5.73 Å². The summed E-state index contributed by atoms with van der Waals surface area (Å²) in [5, 5.41) is 0. The molecule has 1 heterocycles. The van der Waals surface area contributed by atoms with E-state index in [2.05, 4.69) is 4.90 Å². The Morgan fingerprint density at radius 1 is 1.20 bits per heavy atom. The van der Waals surface area contributed by atoms with Gasteiger partial charge in [-0.15, -0.1) is 0 Å². The van der Waals surface area contributed by atoms with E-state index in [0.717, 1.165) is 25.9 Å². The van der Waals surface area contributed by atoms with Crippen LogP contribution in [0.3, 0.4) is 0 Å². The molecular formula is C12H17FN2. The number of hydrogen-bond acceptors (Lipinski definition) is 2. The predicted molar refractivity (Wildman–Crippen MR) is 59.0 cm³/mol. The van der Waals surface area contributed by atoms with Crippen LogP contribution in [-0.4, -0.2) is 24.7 Å². The summed E-state index contributed by atoms with van der Waals surface area (Å²) in [7, 11) is 0. The summed E-state index contributed by atoms with van der Waals surface area (Å²) in [6, 6.07) is 6.89. The number of halogens is 1. The van der Waals surface area contributed by atoms with E-state index in [1.54, 1.807) is 12.1 Å². The average molecular weight is 208 g/mol. The van der Waals surface area contributed by atoms with E-state index in [1.807, 2.05) is 12.1 Å². The van der Waals surface area contributed by atoms with E-state index >= 15 is 0 Å².